The van der Waals surface area contributed by atoms with Crippen LogP contribution in [0.5, 0.6) is 0 Å². The maximum absolute atomic E-state index is 9.70. The molecule has 0 N–H and O–H groups in total. The fourth-order valence-corrected chi connectivity index (χ4v) is 3.50. The van der Waals surface area contributed by atoms with Crippen LogP contribution < -0.4 is 4.90 Å². The van der Waals surface area contributed by atoms with E-state index in [0.717, 1.165) is 45.3 Å². The van der Waals surface area contributed by atoms with E-state index in [4.69, 9.17) is 9.26 Å². The second-order valence-corrected chi connectivity index (χ2v) is 6.36. The van der Waals surface area contributed by atoms with Gasteiger partial charge in [0.1, 0.15) is 6.04 Å². The van der Waals surface area contributed by atoms with Gasteiger partial charge in [-0.05, 0) is 37.3 Å². The van der Waals surface area contributed by atoms with Crippen molar-refractivity contribution in [2.75, 3.05) is 32.1 Å². The average Bonchev–Trinajstić information content (AvgIpc) is 2.97. The number of piperidine rings is 1. The normalized spacial score (nSPS) is 29.4. The second-order valence-electron chi connectivity index (χ2n) is 6.36. The summed E-state index contributed by atoms with van der Waals surface area (Å²) < 4.78 is 11.4. The minimum absolute atomic E-state index is 0.240. The summed E-state index contributed by atoms with van der Waals surface area (Å²) in [6.07, 6.45) is 5.20. The summed E-state index contributed by atoms with van der Waals surface area (Å²) in [5.74, 6) is 1.11. The van der Waals surface area contributed by atoms with Crippen LogP contribution in [-0.2, 0) is 11.3 Å². The molecular weight excluding hydrogens is 282 g/mol. The molecule has 2 fully saturated rings. The highest BCUT2D eigenvalue weighted by Crippen LogP contribution is 2.38. The van der Waals surface area contributed by atoms with Crippen LogP contribution in [0, 0.1) is 11.3 Å². The van der Waals surface area contributed by atoms with Gasteiger partial charge in [0.2, 0.25) is 5.89 Å². The largest absolute Gasteiger partial charge is 0.372 e. The molecule has 7 heteroatoms. The van der Waals surface area contributed by atoms with Crippen LogP contribution in [0.2, 0.25) is 0 Å². The number of nitrogens with zero attached hydrogens (tertiary/aromatic N) is 5. The first-order valence-electron chi connectivity index (χ1n) is 7.92. The van der Waals surface area contributed by atoms with Crippen molar-refractivity contribution in [3.63, 3.8) is 0 Å². The van der Waals surface area contributed by atoms with Crippen molar-refractivity contribution in [3.8, 4) is 6.07 Å². The van der Waals surface area contributed by atoms with Crippen molar-refractivity contribution < 1.29 is 9.26 Å². The molecule has 1 aromatic heterocycles. The van der Waals surface area contributed by atoms with Crippen molar-refractivity contribution in [3.05, 3.63) is 5.89 Å². The van der Waals surface area contributed by atoms with E-state index in [1.54, 1.807) is 4.90 Å². The van der Waals surface area contributed by atoms with E-state index >= 15 is 0 Å². The number of anilines is 1. The molecule has 7 nitrogen and oxygen atoms in total. The highest BCUT2D eigenvalue weighted by Gasteiger charge is 2.47. The average molecular weight is 305 g/mol. The van der Waals surface area contributed by atoms with Gasteiger partial charge in [0.25, 0.3) is 5.95 Å². The Labute approximate surface area is 130 Å². The molecule has 2 saturated heterocycles. The molecule has 120 valence electrons. The fourth-order valence-electron chi connectivity index (χ4n) is 3.50. The minimum atomic E-state index is -0.310. The van der Waals surface area contributed by atoms with Crippen LogP contribution in [-0.4, -0.2) is 53.9 Å². The van der Waals surface area contributed by atoms with E-state index in [-0.39, 0.29) is 11.6 Å². The van der Waals surface area contributed by atoms with E-state index in [9.17, 15) is 5.26 Å². The molecular formula is C15H23N5O2. The molecule has 0 bridgehead atoms. The summed E-state index contributed by atoms with van der Waals surface area (Å²) in [5, 5.41) is 13.6. The molecule has 2 aliphatic heterocycles. The summed E-state index contributed by atoms with van der Waals surface area (Å²) in [6, 6.07) is 2.23. The monoisotopic (exact) mass is 305 g/mol. The molecule has 0 aliphatic carbocycles. The number of rotatable bonds is 3. The Morgan fingerprint density at radius 2 is 2.18 bits per heavy atom. The molecule has 22 heavy (non-hydrogen) atoms. The Hall–Kier alpha value is -1.65. The number of hydrogen-bond acceptors (Lipinski definition) is 7. The van der Waals surface area contributed by atoms with Gasteiger partial charge in [0, 0.05) is 27.2 Å². The molecule has 0 radical (unpaired) electrons. The van der Waals surface area contributed by atoms with E-state index in [0.29, 0.717) is 18.4 Å². The first-order valence-corrected chi connectivity index (χ1v) is 7.92. The summed E-state index contributed by atoms with van der Waals surface area (Å²) >= 11 is 0. The van der Waals surface area contributed by atoms with Gasteiger partial charge in [0.15, 0.2) is 0 Å². The molecule has 0 aromatic carbocycles. The van der Waals surface area contributed by atoms with E-state index in [1.165, 1.54) is 0 Å². The predicted molar refractivity (Wildman–Crippen MR) is 80.2 cm³/mol. The zero-order valence-electron chi connectivity index (χ0n) is 13.3. The van der Waals surface area contributed by atoms with Crippen molar-refractivity contribution in [2.45, 2.75) is 50.3 Å². The Balaban J connectivity index is 1.75. The van der Waals surface area contributed by atoms with Gasteiger partial charge in [-0.3, -0.25) is 4.90 Å². The van der Waals surface area contributed by atoms with Crippen LogP contribution >= 0.6 is 0 Å². The molecule has 3 rings (SSSR count). The Kier molecular flexibility index (Phi) is 4.32. The fraction of sp³-hybridized carbons (Fsp3) is 0.800. The van der Waals surface area contributed by atoms with Gasteiger partial charge >= 0.3 is 0 Å². The maximum Gasteiger partial charge on any atom is 0.265 e. The van der Waals surface area contributed by atoms with Crippen LogP contribution in [0.15, 0.2) is 4.52 Å². The number of nitriles is 1. The Morgan fingerprint density at radius 3 is 2.82 bits per heavy atom. The molecule has 1 spiro atoms. The SMILES string of the molecule is CN(C)c1noc(CN2CCC[C@]3(CCCCO3)[C@@H]2C#N)n1. The summed E-state index contributed by atoms with van der Waals surface area (Å²) in [7, 11) is 3.75. The molecule has 0 saturated carbocycles. The molecule has 0 amide bonds. The number of ether oxygens (including phenoxy) is 1. The Bertz CT molecular complexity index is 539. The topological polar surface area (TPSA) is 78.4 Å². The lowest BCUT2D eigenvalue weighted by Crippen LogP contribution is -2.58. The first-order chi connectivity index (χ1) is 10.6. The number of likely N-dealkylation sites (tertiary alicyclic amines) is 1. The quantitative estimate of drug-likeness (QED) is 0.838. The zero-order chi connectivity index (χ0) is 15.6. The van der Waals surface area contributed by atoms with Crippen molar-refractivity contribution >= 4 is 5.95 Å². The van der Waals surface area contributed by atoms with E-state index in [2.05, 4.69) is 21.1 Å². The third kappa shape index (κ3) is 2.81. The maximum atomic E-state index is 9.70. The number of aromatic nitrogens is 2. The van der Waals surface area contributed by atoms with Gasteiger partial charge < -0.3 is 14.2 Å². The Morgan fingerprint density at radius 1 is 1.36 bits per heavy atom. The molecule has 2 aliphatic rings. The smallest absolute Gasteiger partial charge is 0.265 e. The van der Waals surface area contributed by atoms with Crippen LogP contribution in [0.4, 0.5) is 5.95 Å². The van der Waals surface area contributed by atoms with E-state index in [1.807, 2.05) is 14.1 Å². The summed E-state index contributed by atoms with van der Waals surface area (Å²) in [5.41, 5.74) is -0.310. The molecule has 2 atom stereocenters. The van der Waals surface area contributed by atoms with Crippen molar-refractivity contribution in [2.24, 2.45) is 0 Å². The van der Waals surface area contributed by atoms with Crippen LogP contribution in [0.1, 0.15) is 38.0 Å². The van der Waals surface area contributed by atoms with E-state index < -0.39 is 0 Å². The lowest BCUT2D eigenvalue weighted by Gasteiger charge is -2.48. The lowest BCUT2D eigenvalue weighted by atomic mass is 9.79. The highest BCUT2D eigenvalue weighted by atomic mass is 16.5. The van der Waals surface area contributed by atoms with Crippen molar-refractivity contribution in [1.82, 2.24) is 15.0 Å². The lowest BCUT2D eigenvalue weighted by molar-refractivity contribution is -0.139. The molecule has 1 aromatic rings. The standard InChI is InChI=1S/C15H23N5O2/c1-19(2)14-17-13(22-18-14)11-20-8-5-7-15(12(20)10-16)6-3-4-9-21-15/h12H,3-9,11H2,1-2H3/t12-,15+/m0/s1. The van der Waals surface area contributed by atoms with Gasteiger partial charge in [-0.2, -0.15) is 10.2 Å². The van der Waals surface area contributed by atoms with Crippen LogP contribution in [0.25, 0.3) is 0 Å². The molecule has 3 heterocycles. The molecule has 0 unspecified atom stereocenters. The minimum Gasteiger partial charge on any atom is -0.372 e. The van der Waals surface area contributed by atoms with Gasteiger partial charge in [-0.1, -0.05) is 0 Å². The third-order valence-electron chi connectivity index (χ3n) is 4.61. The third-order valence-corrected chi connectivity index (χ3v) is 4.61. The second kappa shape index (κ2) is 6.23. The van der Waals surface area contributed by atoms with Gasteiger partial charge in [0.05, 0.1) is 18.2 Å². The highest BCUT2D eigenvalue weighted by molar-refractivity contribution is 5.23. The van der Waals surface area contributed by atoms with Gasteiger partial charge in [-0.15, -0.1) is 0 Å². The predicted octanol–water partition coefficient (Wildman–Crippen LogP) is 1.56. The summed E-state index contributed by atoms with van der Waals surface area (Å²) in [6.45, 7) is 2.13. The zero-order valence-corrected chi connectivity index (χ0v) is 13.3. The number of hydrogen-bond donors (Lipinski definition) is 0. The van der Waals surface area contributed by atoms with Crippen LogP contribution in [0.3, 0.4) is 0 Å². The van der Waals surface area contributed by atoms with Crippen molar-refractivity contribution in [1.29, 1.82) is 5.26 Å². The summed E-state index contributed by atoms with van der Waals surface area (Å²) in [4.78, 5) is 8.29. The first kappa shape index (κ1) is 15.3. The van der Waals surface area contributed by atoms with Gasteiger partial charge in [-0.25, -0.2) is 0 Å².